The summed E-state index contributed by atoms with van der Waals surface area (Å²) in [5.74, 6) is 0.898. The van der Waals surface area contributed by atoms with Crippen molar-refractivity contribution in [2.24, 2.45) is 0 Å². The van der Waals surface area contributed by atoms with Crippen molar-refractivity contribution in [1.29, 1.82) is 0 Å². The van der Waals surface area contributed by atoms with Crippen LogP contribution in [0.25, 0.3) is 10.8 Å². The standard InChI is InChI=1S/C24H20BrNO/c25-21-13-14-24(20(15-21)16-26-22-10-2-1-3-11-22)27-17-19-9-6-8-18-7-4-5-12-23(18)19/h1-15,26H,16-17H2. The second kappa shape index (κ2) is 8.28. The summed E-state index contributed by atoms with van der Waals surface area (Å²) in [5, 5.41) is 5.93. The Hall–Kier alpha value is -2.78. The molecule has 0 spiro atoms. The van der Waals surface area contributed by atoms with Gasteiger partial charge in [-0.1, -0.05) is 76.6 Å². The highest BCUT2D eigenvalue weighted by atomic mass is 79.9. The summed E-state index contributed by atoms with van der Waals surface area (Å²) in [6.07, 6.45) is 0. The lowest BCUT2D eigenvalue weighted by atomic mass is 10.1. The first-order valence-electron chi connectivity index (χ1n) is 8.96. The quantitative estimate of drug-likeness (QED) is 0.372. The topological polar surface area (TPSA) is 21.3 Å². The molecule has 4 aromatic carbocycles. The average Bonchev–Trinajstić information content (AvgIpc) is 2.72. The van der Waals surface area contributed by atoms with Gasteiger partial charge in [-0.3, -0.25) is 0 Å². The summed E-state index contributed by atoms with van der Waals surface area (Å²) in [5.41, 5.74) is 3.41. The smallest absolute Gasteiger partial charge is 0.124 e. The van der Waals surface area contributed by atoms with Crippen LogP contribution in [-0.4, -0.2) is 0 Å². The molecule has 0 amide bonds. The molecule has 4 aromatic rings. The fraction of sp³-hybridized carbons (Fsp3) is 0.0833. The van der Waals surface area contributed by atoms with Crippen molar-refractivity contribution in [1.82, 2.24) is 0 Å². The number of hydrogen-bond donors (Lipinski definition) is 1. The van der Waals surface area contributed by atoms with Crippen molar-refractivity contribution >= 4 is 32.4 Å². The Morgan fingerprint density at radius 3 is 2.41 bits per heavy atom. The number of ether oxygens (including phenoxy) is 1. The molecule has 0 unspecified atom stereocenters. The summed E-state index contributed by atoms with van der Waals surface area (Å²) in [6, 6.07) is 31.1. The van der Waals surface area contributed by atoms with Crippen LogP contribution in [0.2, 0.25) is 0 Å². The van der Waals surface area contributed by atoms with Gasteiger partial charge in [0.1, 0.15) is 12.4 Å². The molecule has 0 fully saturated rings. The second-order valence-electron chi connectivity index (χ2n) is 6.40. The minimum Gasteiger partial charge on any atom is -0.489 e. The van der Waals surface area contributed by atoms with Crippen LogP contribution in [0, 0.1) is 0 Å². The normalized spacial score (nSPS) is 10.7. The van der Waals surface area contributed by atoms with E-state index in [0.717, 1.165) is 21.5 Å². The maximum absolute atomic E-state index is 6.21. The molecule has 4 rings (SSSR count). The molecule has 0 atom stereocenters. The minimum absolute atomic E-state index is 0.543. The number of hydrogen-bond acceptors (Lipinski definition) is 2. The van der Waals surface area contributed by atoms with Crippen LogP contribution in [0.4, 0.5) is 5.69 Å². The van der Waals surface area contributed by atoms with Crippen molar-refractivity contribution in [2.45, 2.75) is 13.2 Å². The van der Waals surface area contributed by atoms with E-state index in [1.165, 1.54) is 16.3 Å². The summed E-state index contributed by atoms with van der Waals surface area (Å²) in [4.78, 5) is 0. The van der Waals surface area contributed by atoms with Crippen molar-refractivity contribution < 1.29 is 4.74 Å². The van der Waals surface area contributed by atoms with Crippen molar-refractivity contribution in [2.75, 3.05) is 5.32 Å². The number of rotatable bonds is 6. The van der Waals surface area contributed by atoms with Crippen molar-refractivity contribution in [3.63, 3.8) is 0 Å². The van der Waals surface area contributed by atoms with Gasteiger partial charge in [0, 0.05) is 22.3 Å². The zero-order valence-electron chi connectivity index (χ0n) is 14.9. The Labute approximate surface area is 167 Å². The molecule has 1 N–H and O–H groups in total. The van der Waals surface area contributed by atoms with E-state index in [4.69, 9.17) is 4.74 Å². The molecule has 0 radical (unpaired) electrons. The molecule has 0 aromatic heterocycles. The molecule has 0 aliphatic rings. The summed E-state index contributed by atoms with van der Waals surface area (Å²) < 4.78 is 7.26. The van der Waals surface area contributed by atoms with Gasteiger partial charge in [-0.15, -0.1) is 0 Å². The van der Waals surface area contributed by atoms with Crippen molar-refractivity contribution in [3.8, 4) is 5.75 Å². The van der Waals surface area contributed by atoms with Gasteiger partial charge in [0.2, 0.25) is 0 Å². The third kappa shape index (κ3) is 4.32. The molecule has 134 valence electrons. The largest absolute Gasteiger partial charge is 0.489 e. The fourth-order valence-corrected chi connectivity index (χ4v) is 3.56. The maximum atomic E-state index is 6.21. The fourth-order valence-electron chi connectivity index (χ4n) is 3.15. The summed E-state index contributed by atoms with van der Waals surface area (Å²) >= 11 is 3.57. The van der Waals surface area contributed by atoms with Gasteiger partial charge in [0.25, 0.3) is 0 Å². The Balaban J connectivity index is 1.53. The number of nitrogens with one attached hydrogen (secondary N) is 1. The summed E-state index contributed by atoms with van der Waals surface area (Å²) in [6.45, 7) is 1.25. The number of para-hydroxylation sites is 1. The SMILES string of the molecule is Brc1ccc(OCc2cccc3ccccc23)c(CNc2ccccc2)c1. The molecular formula is C24H20BrNO. The molecule has 0 aliphatic heterocycles. The van der Waals surface area contributed by atoms with E-state index < -0.39 is 0 Å². The van der Waals surface area contributed by atoms with Crippen LogP contribution in [0.15, 0.2) is 95.5 Å². The van der Waals surface area contributed by atoms with Gasteiger partial charge < -0.3 is 10.1 Å². The second-order valence-corrected chi connectivity index (χ2v) is 7.31. The monoisotopic (exact) mass is 417 g/mol. The van der Waals surface area contributed by atoms with Gasteiger partial charge in [-0.05, 0) is 46.7 Å². The first kappa shape index (κ1) is 17.6. The Morgan fingerprint density at radius 2 is 1.52 bits per heavy atom. The predicted molar refractivity (Wildman–Crippen MR) is 116 cm³/mol. The third-order valence-electron chi connectivity index (χ3n) is 4.54. The minimum atomic E-state index is 0.543. The first-order chi connectivity index (χ1) is 13.3. The zero-order chi connectivity index (χ0) is 18.5. The average molecular weight is 418 g/mol. The van der Waals surface area contributed by atoms with Gasteiger partial charge >= 0.3 is 0 Å². The van der Waals surface area contributed by atoms with Gasteiger partial charge in [-0.25, -0.2) is 0 Å². The Bertz CT molecular complexity index is 1040. The van der Waals surface area contributed by atoms with Crippen molar-refractivity contribution in [3.05, 3.63) is 107 Å². The van der Waals surface area contributed by atoms with E-state index in [-0.39, 0.29) is 0 Å². The molecule has 27 heavy (non-hydrogen) atoms. The van der Waals surface area contributed by atoms with E-state index in [1.54, 1.807) is 0 Å². The Morgan fingerprint density at radius 1 is 0.741 bits per heavy atom. The van der Waals surface area contributed by atoms with Crippen LogP contribution in [0.3, 0.4) is 0 Å². The number of anilines is 1. The lowest BCUT2D eigenvalue weighted by Gasteiger charge is -2.14. The van der Waals surface area contributed by atoms with E-state index in [0.29, 0.717) is 13.2 Å². The van der Waals surface area contributed by atoms with Crippen LogP contribution >= 0.6 is 15.9 Å². The van der Waals surface area contributed by atoms with Gasteiger partial charge in [-0.2, -0.15) is 0 Å². The van der Waals surface area contributed by atoms with Gasteiger partial charge in [0.05, 0.1) is 0 Å². The van der Waals surface area contributed by atoms with E-state index in [1.807, 2.05) is 30.3 Å². The first-order valence-corrected chi connectivity index (χ1v) is 9.76. The third-order valence-corrected chi connectivity index (χ3v) is 5.04. The molecule has 0 saturated carbocycles. The number of fused-ring (bicyclic) bond motifs is 1. The lowest BCUT2D eigenvalue weighted by Crippen LogP contribution is -2.04. The van der Waals surface area contributed by atoms with E-state index >= 15 is 0 Å². The molecule has 0 heterocycles. The van der Waals surface area contributed by atoms with Gasteiger partial charge in [0.15, 0.2) is 0 Å². The molecule has 0 aliphatic carbocycles. The molecule has 2 nitrogen and oxygen atoms in total. The lowest BCUT2D eigenvalue weighted by molar-refractivity contribution is 0.304. The van der Waals surface area contributed by atoms with Crippen LogP contribution in [-0.2, 0) is 13.2 Å². The summed E-state index contributed by atoms with van der Waals surface area (Å²) in [7, 11) is 0. The number of halogens is 1. The van der Waals surface area contributed by atoms with Crippen LogP contribution in [0.5, 0.6) is 5.75 Å². The highest BCUT2D eigenvalue weighted by Gasteiger charge is 2.07. The van der Waals surface area contributed by atoms with Crippen LogP contribution < -0.4 is 10.1 Å². The molecule has 0 bridgehead atoms. The molecule has 3 heteroatoms. The maximum Gasteiger partial charge on any atom is 0.124 e. The predicted octanol–water partition coefficient (Wildman–Crippen LogP) is 6.79. The Kier molecular flexibility index (Phi) is 5.40. The van der Waals surface area contributed by atoms with Crippen LogP contribution in [0.1, 0.15) is 11.1 Å². The highest BCUT2D eigenvalue weighted by molar-refractivity contribution is 9.10. The highest BCUT2D eigenvalue weighted by Crippen LogP contribution is 2.26. The number of benzene rings is 4. The van der Waals surface area contributed by atoms with E-state index in [9.17, 15) is 0 Å². The molecule has 0 saturated heterocycles. The zero-order valence-corrected chi connectivity index (χ0v) is 16.4. The van der Waals surface area contributed by atoms with E-state index in [2.05, 4.69) is 81.9 Å². The molecular weight excluding hydrogens is 398 g/mol.